The van der Waals surface area contributed by atoms with Crippen molar-refractivity contribution in [1.29, 1.82) is 0 Å². The van der Waals surface area contributed by atoms with Gasteiger partial charge in [-0.25, -0.2) is 4.79 Å². The second-order valence-corrected chi connectivity index (χ2v) is 4.80. The van der Waals surface area contributed by atoms with Gasteiger partial charge in [0.2, 0.25) is 0 Å². The zero-order valence-corrected chi connectivity index (χ0v) is 11.5. The number of hydrogen-bond donors (Lipinski definition) is 1. The topological polar surface area (TPSA) is 40.5 Å². The summed E-state index contributed by atoms with van der Waals surface area (Å²) in [6.45, 7) is 1.99. The van der Waals surface area contributed by atoms with Crippen LogP contribution in [0.3, 0.4) is 0 Å². The summed E-state index contributed by atoms with van der Waals surface area (Å²) in [6, 6.07) is 12.6. The first-order chi connectivity index (χ1) is 8.99. The third-order valence-electron chi connectivity index (χ3n) is 2.94. The average Bonchev–Trinajstić information content (AvgIpc) is 2.37. The zero-order valence-electron chi connectivity index (χ0n) is 10.7. The number of carboxylic acid groups (broad SMARTS) is 1. The van der Waals surface area contributed by atoms with Crippen molar-refractivity contribution >= 4 is 28.9 Å². The molecule has 0 bridgehead atoms. The Balaban J connectivity index is 2.51. The summed E-state index contributed by atoms with van der Waals surface area (Å²) in [4.78, 5) is 13.1. The van der Waals surface area contributed by atoms with Gasteiger partial charge in [-0.15, -0.1) is 0 Å². The van der Waals surface area contributed by atoms with E-state index in [2.05, 4.69) is 0 Å². The number of anilines is 2. The number of carboxylic acids is 1. The van der Waals surface area contributed by atoms with Gasteiger partial charge in [-0.05, 0) is 42.8 Å². The van der Waals surface area contributed by atoms with Gasteiger partial charge in [-0.3, -0.25) is 0 Å². The number of hydrogen-bond acceptors (Lipinski definition) is 2. The quantitative estimate of drug-likeness (QED) is 0.916. The second kappa shape index (κ2) is 5.33. The summed E-state index contributed by atoms with van der Waals surface area (Å²) < 4.78 is 0. The number of nitrogens with zero attached hydrogens (tertiary/aromatic N) is 1. The molecule has 0 aliphatic carbocycles. The lowest BCUT2D eigenvalue weighted by Gasteiger charge is -2.22. The average molecular weight is 276 g/mol. The van der Waals surface area contributed by atoms with Crippen LogP contribution >= 0.6 is 11.6 Å². The van der Waals surface area contributed by atoms with Gasteiger partial charge in [0.15, 0.2) is 0 Å². The minimum Gasteiger partial charge on any atom is -0.478 e. The third-order valence-corrected chi connectivity index (χ3v) is 3.18. The summed E-state index contributed by atoms with van der Waals surface area (Å²) in [7, 11) is 1.83. The molecule has 0 aliphatic rings. The smallest absolute Gasteiger partial charge is 0.337 e. The van der Waals surface area contributed by atoms with Gasteiger partial charge in [0.1, 0.15) is 0 Å². The van der Waals surface area contributed by atoms with Crippen molar-refractivity contribution in [3.05, 3.63) is 58.6 Å². The van der Waals surface area contributed by atoms with Crippen molar-refractivity contribution in [1.82, 2.24) is 0 Å². The Hall–Kier alpha value is -2.00. The van der Waals surface area contributed by atoms with Crippen LogP contribution in [0.5, 0.6) is 0 Å². The number of carbonyl (C=O) groups is 1. The molecule has 0 radical (unpaired) electrons. The molecular weight excluding hydrogens is 262 g/mol. The first kappa shape index (κ1) is 13.4. The Kier molecular flexibility index (Phi) is 3.76. The van der Waals surface area contributed by atoms with Crippen LogP contribution in [0.15, 0.2) is 42.5 Å². The molecule has 98 valence electrons. The third kappa shape index (κ3) is 2.88. The van der Waals surface area contributed by atoms with Crippen molar-refractivity contribution in [3.8, 4) is 0 Å². The van der Waals surface area contributed by atoms with Crippen LogP contribution in [0.2, 0.25) is 5.02 Å². The summed E-state index contributed by atoms with van der Waals surface area (Å²) in [5, 5.41) is 9.75. The second-order valence-electron chi connectivity index (χ2n) is 4.36. The maximum Gasteiger partial charge on any atom is 0.337 e. The van der Waals surface area contributed by atoms with Crippen LogP contribution in [0.4, 0.5) is 11.4 Å². The summed E-state index contributed by atoms with van der Waals surface area (Å²) >= 11 is 5.96. The molecule has 2 aromatic carbocycles. The van der Waals surface area contributed by atoms with E-state index in [-0.39, 0.29) is 5.56 Å². The van der Waals surface area contributed by atoms with Gasteiger partial charge in [0.05, 0.1) is 11.3 Å². The Morgan fingerprint density at radius 2 is 1.95 bits per heavy atom. The molecule has 0 spiro atoms. The van der Waals surface area contributed by atoms with E-state index in [9.17, 15) is 9.90 Å². The molecule has 0 unspecified atom stereocenters. The Morgan fingerprint density at radius 3 is 2.58 bits per heavy atom. The van der Waals surface area contributed by atoms with Gasteiger partial charge < -0.3 is 10.0 Å². The van der Waals surface area contributed by atoms with E-state index in [1.807, 2.05) is 43.1 Å². The molecule has 0 saturated carbocycles. The molecule has 0 saturated heterocycles. The lowest BCUT2D eigenvalue weighted by molar-refractivity contribution is 0.0697. The van der Waals surface area contributed by atoms with E-state index in [4.69, 9.17) is 11.6 Å². The van der Waals surface area contributed by atoms with Gasteiger partial charge in [-0.1, -0.05) is 23.7 Å². The number of aryl methyl sites for hydroxylation is 1. The Bertz CT molecular complexity index is 625. The summed E-state index contributed by atoms with van der Waals surface area (Å²) in [6.07, 6.45) is 0. The molecule has 0 atom stereocenters. The van der Waals surface area contributed by atoms with E-state index >= 15 is 0 Å². The molecule has 0 aliphatic heterocycles. The largest absolute Gasteiger partial charge is 0.478 e. The van der Waals surface area contributed by atoms with Crippen molar-refractivity contribution in [2.75, 3.05) is 11.9 Å². The van der Waals surface area contributed by atoms with Crippen LogP contribution in [-0.4, -0.2) is 18.1 Å². The van der Waals surface area contributed by atoms with Gasteiger partial charge in [0, 0.05) is 17.8 Å². The van der Waals surface area contributed by atoms with Crippen molar-refractivity contribution < 1.29 is 9.90 Å². The molecule has 2 aromatic rings. The van der Waals surface area contributed by atoms with Crippen LogP contribution < -0.4 is 4.90 Å². The van der Waals surface area contributed by atoms with E-state index in [1.165, 1.54) is 6.07 Å². The van der Waals surface area contributed by atoms with Crippen LogP contribution in [0.1, 0.15) is 15.9 Å². The molecule has 4 heteroatoms. The minimum absolute atomic E-state index is 0.230. The predicted octanol–water partition coefficient (Wildman–Crippen LogP) is 4.11. The first-order valence-corrected chi connectivity index (χ1v) is 6.20. The monoisotopic (exact) mass is 275 g/mol. The Labute approximate surface area is 117 Å². The molecule has 0 fully saturated rings. The summed E-state index contributed by atoms with van der Waals surface area (Å²) in [5.41, 5.74) is 2.84. The zero-order chi connectivity index (χ0) is 14.0. The van der Waals surface area contributed by atoms with E-state index in [0.717, 1.165) is 11.3 Å². The fraction of sp³-hybridized carbons (Fsp3) is 0.133. The molecule has 3 nitrogen and oxygen atoms in total. The highest BCUT2D eigenvalue weighted by Crippen LogP contribution is 2.30. The minimum atomic E-state index is -0.967. The molecule has 0 heterocycles. The summed E-state index contributed by atoms with van der Waals surface area (Å²) in [5.74, 6) is -0.967. The highest BCUT2D eigenvalue weighted by molar-refractivity contribution is 6.31. The number of benzene rings is 2. The molecule has 19 heavy (non-hydrogen) atoms. The highest BCUT2D eigenvalue weighted by Gasteiger charge is 2.15. The van der Waals surface area contributed by atoms with Crippen LogP contribution in [0, 0.1) is 6.92 Å². The van der Waals surface area contributed by atoms with E-state index in [0.29, 0.717) is 10.7 Å². The van der Waals surface area contributed by atoms with Crippen LogP contribution in [0.25, 0.3) is 0 Å². The van der Waals surface area contributed by atoms with Gasteiger partial charge in [0.25, 0.3) is 0 Å². The molecule has 0 amide bonds. The van der Waals surface area contributed by atoms with E-state index < -0.39 is 5.97 Å². The molecule has 2 rings (SSSR count). The molecular formula is C15H14ClNO2. The van der Waals surface area contributed by atoms with Crippen molar-refractivity contribution in [3.63, 3.8) is 0 Å². The molecule has 1 N–H and O–H groups in total. The number of aromatic carboxylic acids is 1. The first-order valence-electron chi connectivity index (χ1n) is 5.82. The number of halogens is 1. The van der Waals surface area contributed by atoms with E-state index in [1.54, 1.807) is 12.1 Å². The fourth-order valence-electron chi connectivity index (χ4n) is 1.94. The van der Waals surface area contributed by atoms with Gasteiger partial charge >= 0.3 is 5.97 Å². The normalized spacial score (nSPS) is 10.3. The molecule has 0 aromatic heterocycles. The highest BCUT2D eigenvalue weighted by atomic mass is 35.5. The van der Waals surface area contributed by atoms with Crippen molar-refractivity contribution in [2.24, 2.45) is 0 Å². The fourth-order valence-corrected chi connectivity index (χ4v) is 2.11. The predicted molar refractivity (Wildman–Crippen MR) is 77.7 cm³/mol. The van der Waals surface area contributed by atoms with Crippen molar-refractivity contribution in [2.45, 2.75) is 6.92 Å². The van der Waals surface area contributed by atoms with Gasteiger partial charge in [-0.2, -0.15) is 0 Å². The maximum atomic E-state index is 11.3. The lowest BCUT2D eigenvalue weighted by atomic mass is 10.1. The Morgan fingerprint density at radius 1 is 1.21 bits per heavy atom. The van der Waals surface area contributed by atoms with Crippen LogP contribution in [-0.2, 0) is 0 Å². The maximum absolute atomic E-state index is 11.3. The number of rotatable bonds is 3. The SMILES string of the molecule is Cc1cccc(N(C)c2cc(Cl)ccc2C(=O)O)c1. The standard InChI is InChI=1S/C15H14ClNO2/c1-10-4-3-5-12(8-10)17(2)14-9-11(16)6-7-13(14)15(18)19/h3-9H,1-2H3,(H,18,19). The lowest BCUT2D eigenvalue weighted by Crippen LogP contribution is -2.14.